The van der Waals surface area contributed by atoms with Crippen LogP contribution in [0.1, 0.15) is 18.2 Å². The second kappa shape index (κ2) is 2.98. The number of hydrogen-bond donors (Lipinski definition) is 0. The van der Waals surface area contributed by atoms with Crippen LogP contribution in [0.2, 0.25) is 0 Å². The van der Waals surface area contributed by atoms with E-state index in [1.807, 2.05) is 6.92 Å². The van der Waals surface area contributed by atoms with Crippen molar-refractivity contribution in [2.75, 3.05) is 0 Å². The Morgan fingerprint density at radius 1 is 1.70 bits per heavy atom. The molecule has 1 heterocycles. The number of nitrogens with zero attached hydrogens (tertiary/aromatic N) is 2. The van der Waals surface area contributed by atoms with Gasteiger partial charge in [0.1, 0.15) is 6.07 Å². The maximum atomic E-state index is 8.56. The van der Waals surface area contributed by atoms with Gasteiger partial charge in [-0.1, -0.05) is 6.92 Å². The lowest BCUT2D eigenvalue weighted by atomic mass is 10.2. The third-order valence-electron chi connectivity index (χ3n) is 1.35. The molecule has 0 aliphatic carbocycles. The Morgan fingerprint density at radius 2 is 2.50 bits per heavy atom. The molecule has 1 aromatic rings. The first-order valence-corrected chi connectivity index (χ1v) is 3.22. The van der Waals surface area contributed by atoms with Crippen molar-refractivity contribution in [3.8, 4) is 6.07 Å². The van der Waals surface area contributed by atoms with E-state index in [9.17, 15) is 0 Å². The van der Waals surface area contributed by atoms with E-state index < -0.39 is 0 Å². The second-order valence-corrected chi connectivity index (χ2v) is 1.96. The van der Waals surface area contributed by atoms with Crippen molar-refractivity contribution < 1.29 is 0 Å². The molecule has 0 spiro atoms. The molecular formula is C8H8N2. The van der Waals surface area contributed by atoms with Gasteiger partial charge in [0.15, 0.2) is 0 Å². The van der Waals surface area contributed by atoms with Gasteiger partial charge in [-0.2, -0.15) is 5.26 Å². The molecule has 0 fully saturated rings. The zero-order valence-electron chi connectivity index (χ0n) is 5.83. The van der Waals surface area contributed by atoms with E-state index in [0.717, 1.165) is 12.1 Å². The van der Waals surface area contributed by atoms with Crippen molar-refractivity contribution in [1.29, 1.82) is 5.26 Å². The molecule has 0 saturated heterocycles. The van der Waals surface area contributed by atoms with Crippen LogP contribution >= 0.6 is 0 Å². The summed E-state index contributed by atoms with van der Waals surface area (Å²) >= 11 is 0. The van der Waals surface area contributed by atoms with Gasteiger partial charge < -0.3 is 0 Å². The fraction of sp³-hybridized carbons (Fsp3) is 0.250. The van der Waals surface area contributed by atoms with E-state index in [-0.39, 0.29) is 0 Å². The van der Waals surface area contributed by atoms with E-state index in [4.69, 9.17) is 5.26 Å². The fourth-order valence-corrected chi connectivity index (χ4v) is 0.822. The molecule has 0 aliphatic heterocycles. The molecule has 0 bridgehead atoms. The van der Waals surface area contributed by atoms with Crippen molar-refractivity contribution in [3.05, 3.63) is 29.6 Å². The Kier molecular flexibility index (Phi) is 2.01. The molecule has 0 atom stereocenters. The highest BCUT2D eigenvalue weighted by Crippen LogP contribution is 2.02. The van der Waals surface area contributed by atoms with Gasteiger partial charge in [-0.3, -0.25) is 4.98 Å². The van der Waals surface area contributed by atoms with Crippen molar-refractivity contribution >= 4 is 0 Å². The summed E-state index contributed by atoms with van der Waals surface area (Å²) in [6, 6.07) is 5.64. The van der Waals surface area contributed by atoms with Crippen LogP contribution in [0.25, 0.3) is 0 Å². The maximum absolute atomic E-state index is 8.56. The highest BCUT2D eigenvalue weighted by atomic mass is 14.7. The minimum absolute atomic E-state index is 0.685. The van der Waals surface area contributed by atoms with Crippen molar-refractivity contribution in [2.45, 2.75) is 13.3 Å². The van der Waals surface area contributed by atoms with E-state index in [2.05, 4.69) is 11.1 Å². The minimum Gasteiger partial charge on any atom is -0.260 e. The summed E-state index contributed by atoms with van der Waals surface area (Å²) in [4.78, 5) is 4.05. The van der Waals surface area contributed by atoms with Crippen LogP contribution in [0, 0.1) is 11.3 Å². The third-order valence-corrected chi connectivity index (χ3v) is 1.35. The van der Waals surface area contributed by atoms with Gasteiger partial charge in [-0.05, 0) is 18.6 Å². The zero-order chi connectivity index (χ0) is 7.40. The van der Waals surface area contributed by atoms with Crippen LogP contribution < -0.4 is 0 Å². The van der Waals surface area contributed by atoms with Gasteiger partial charge in [0, 0.05) is 6.20 Å². The average molecular weight is 132 g/mol. The van der Waals surface area contributed by atoms with Crippen LogP contribution in [-0.2, 0) is 6.42 Å². The monoisotopic (exact) mass is 132 g/mol. The first kappa shape index (κ1) is 6.76. The molecule has 0 aromatic carbocycles. The van der Waals surface area contributed by atoms with Crippen molar-refractivity contribution in [1.82, 2.24) is 4.98 Å². The summed E-state index contributed by atoms with van der Waals surface area (Å²) < 4.78 is 0. The molecule has 50 valence electrons. The summed E-state index contributed by atoms with van der Waals surface area (Å²) in [7, 11) is 0. The van der Waals surface area contributed by atoms with Gasteiger partial charge in [0.05, 0.1) is 11.3 Å². The fourth-order valence-electron chi connectivity index (χ4n) is 0.822. The largest absolute Gasteiger partial charge is 0.260 e. The van der Waals surface area contributed by atoms with Gasteiger partial charge in [0.2, 0.25) is 0 Å². The lowest BCUT2D eigenvalue weighted by Gasteiger charge is -1.94. The number of nitriles is 1. The van der Waals surface area contributed by atoms with Gasteiger partial charge in [0.25, 0.3) is 0 Å². The van der Waals surface area contributed by atoms with Gasteiger partial charge >= 0.3 is 0 Å². The zero-order valence-corrected chi connectivity index (χ0v) is 5.83. The molecule has 0 amide bonds. The third kappa shape index (κ3) is 1.14. The lowest BCUT2D eigenvalue weighted by Crippen LogP contribution is -1.89. The first-order chi connectivity index (χ1) is 4.88. The van der Waals surface area contributed by atoms with Gasteiger partial charge in [-0.15, -0.1) is 0 Å². The number of aromatic nitrogens is 1. The molecule has 0 aliphatic rings. The minimum atomic E-state index is 0.685. The predicted octanol–water partition coefficient (Wildman–Crippen LogP) is 1.52. The average Bonchev–Trinajstić information content (AvgIpc) is 2.04. The maximum Gasteiger partial charge on any atom is 0.101 e. The molecule has 0 unspecified atom stereocenters. The summed E-state index contributed by atoms with van der Waals surface area (Å²) in [6.45, 7) is 1.99. The number of aryl methyl sites for hydroxylation is 1. The van der Waals surface area contributed by atoms with Crippen LogP contribution in [0.4, 0.5) is 0 Å². The summed E-state index contributed by atoms with van der Waals surface area (Å²) in [5.41, 5.74) is 1.56. The smallest absolute Gasteiger partial charge is 0.101 e. The molecule has 2 nitrogen and oxygen atoms in total. The van der Waals surface area contributed by atoms with E-state index in [1.54, 1.807) is 18.3 Å². The Labute approximate surface area is 60.1 Å². The van der Waals surface area contributed by atoms with Crippen molar-refractivity contribution in [3.63, 3.8) is 0 Å². The first-order valence-electron chi connectivity index (χ1n) is 3.22. The lowest BCUT2D eigenvalue weighted by molar-refractivity contribution is 1.02. The van der Waals surface area contributed by atoms with Crippen LogP contribution in [0.3, 0.4) is 0 Å². The quantitative estimate of drug-likeness (QED) is 0.580. The van der Waals surface area contributed by atoms with Crippen LogP contribution in [-0.4, -0.2) is 4.98 Å². The molecule has 0 N–H and O–H groups in total. The Balaban J connectivity index is 3.12. The van der Waals surface area contributed by atoms with Crippen molar-refractivity contribution in [2.24, 2.45) is 0 Å². The Morgan fingerprint density at radius 3 is 3.00 bits per heavy atom. The van der Waals surface area contributed by atoms with Gasteiger partial charge in [-0.25, -0.2) is 0 Å². The molecule has 0 saturated carbocycles. The SMILES string of the molecule is CCc1ncccc1C#N. The second-order valence-electron chi connectivity index (χ2n) is 1.96. The summed E-state index contributed by atoms with van der Waals surface area (Å²) in [5.74, 6) is 0. The molecule has 0 radical (unpaired) electrons. The normalized spacial score (nSPS) is 8.80. The molecular weight excluding hydrogens is 124 g/mol. The predicted molar refractivity (Wildman–Crippen MR) is 38.3 cm³/mol. The number of pyridine rings is 1. The molecule has 1 rings (SSSR count). The van der Waals surface area contributed by atoms with Crippen LogP contribution in [0.15, 0.2) is 18.3 Å². The summed E-state index contributed by atoms with van der Waals surface area (Å²) in [5, 5.41) is 8.56. The standard InChI is InChI=1S/C8H8N2/c1-2-8-7(6-9)4-3-5-10-8/h3-5H,2H2,1H3. The Hall–Kier alpha value is -1.36. The van der Waals surface area contributed by atoms with E-state index in [1.165, 1.54) is 0 Å². The highest BCUT2D eigenvalue weighted by Gasteiger charge is 1.96. The molecule has 10 heavy (non-hydrogen) atoms. The molecule has 2 heteroatoms. The number of rotatable bonds is 1. The topological polar surface area (TPSA) is 36.7 Å². The summed E-state index contributed by atoms with van der Waals surface area (Å²) in [6.07, 6.45) is 2.53. The van der Waals surface area contributed by atoms with Crippen LogP contribution in [0.5, 0.6) is 0 Å². The molecule has 1 aromatic heterocycles. The Bertz CT molecular complexity index is 260. The highest BCUT2D eigenvalue weighted by molar-refractivity contribution is 5.32. The number of hydrogen-bond acceptors (Lipinski definition) is 2. The van der Waals surface area contributed by atoms with E-state index >= 15 is 0 Å². The van der Waals surface area contributed by atoms with E-state index in [0.29, 0.717) is 5.56 Å².